The first kappa shape index (κ1) is 10.5. The van der Waals surface area contributed by atoms with E-state index in [0.29, 0.717) is 13.0 Å². The molecule has 1 aliphatic heterocycles. The molecule has 1 amide bonds. The van der Waals surface area contributed by atoms with Gasteiger partial charge in [0, 0.05) is 18.4 Å². The molecule has 3 heteroatoms. The molecule has 1 fully saturated rings. The van der Waals surface area contributed by atoms with Gasteiger partial charge in [0.2, 0.25) is 5.91 Å². The first-order chi connectivity index (χ1) is 5.81. The van der Waals surface area contributed by atoms with E-state index >= 15 is 0 Å². The normalized spacial score (nSPS) is 29.1. The maximum atomic E-state index is 11.0. The minimum absolute atomic E-state index is 0.00956. The Morgan fingerprint density at radius 1 is 1.54 bits per heavy atom. The second-order valence-corrected chi connectivity index (χ2v) is 5.17. The van der Waals surface area contributed by atoms with E-state index < -0.39 is 0 Å². The topological polar surface area (TPSA) is 38.3 Å². The number of nitrogens with one attached hydrogen (secondary N) is 1. The van der Waals surface area contributed by atoms with E-state index in [1.807, 2.05) is 20.8 Å². The van der Waals surface area contributed by atoms with Gasteiger partial charge in [-0.2, -0.15) is 0 Å². The zero-order valence-electron chi connectivity index (χ0n) is 8.94. The molecule has 0 aliphatic carbocycles. The van der Waals surface area contributed by atoms with Crippen LogP contribution in [0.3, 0.4) is 0 Å². The Morgan fingerprint density at radius 3 is 2.54 bits per heavy atom. The standard InChI is InChI=1S/C10H19NO2/c1-9(2,3)13-7-10(4)5-8(12)11-6-10/h5-7H2,1-4H3,(H,11,12). The van der Waals surface area contributed by atoms with Gasteiger partial charge in [0.1, 0.15) is 0 Å². The summed E-state index contributed by atoms with van der Waals surface area (Å²) in [6.45, 7) is 9.55. The lowest BCUT2D eigenvalue weighted by molar-refractivity contribution is -0.120. The summed E-state index contributed by atoms with van der Waals surface area (Å²) in [5.74, 6) is 0.139. The van der Waals surface area contributed by atoms with Crippen LogP contribution in [0.5, 0.6) is 0 Å². The largest absolute Gasteiger partial charge is 0.375 e. The molecule has 0 spiro atoms. The van der Waals surface area contributed by atoms with Crippen molar-refractivity contribution in [2.45, 2.75) is 39.7 Å². The number of amides is 1. The maximum Gasteiger partial charge on any atom is 0.220 e. The lowest BCUT2D eigenvalue weighted by atomic mass is 9.91. The highest BCUT2D eigenvalue weighted by Gasteiger charge is 2.35. The highest BCUT2D eigenvalue weighted by atomic mass is 16.5. The fourth-order valence-electron chi connectivity index (χ4n) is 1.32. The van der Waals surface area contributed by atoms with Gasteiger partial charge < -0.3 is 10.1 Å². The average molecular weight is 185 g/mol. The number of hydrogen-bond acceptors (Lipinski definition) is 2. The minimum Gasteiger partial charge on any atom is -0.375 e. The van der Waals surface area contributed by atoms with Crippen molar-refractivity contribution in [3.05, 3.63) is 0 Å². The number of hydrogen-bond donors (Lipinski definition) is 1. The molecule has 1 saturated heterocycles. The fraction of sp³-hybridized carbons (Fsp3) is 0.900. The Kier molecular flexibility index (Phi) is 2.66. The van der Waals surface area contributed by atoms with Crippen LogP contribution in [0.2, 0.25) is 0 Å². The number of carbonyl (C=O) groups excluding carboxylic acids is 1. The van der Waals surface area contributed by atoms with E-state index in [0.717, 1.165) is 6.54 Å². The molecule has 0 radical (unpaired) electrons. The highest BCUT2D eigenvalue weighted by molar-refractivity contribution is 5.79. The third kappa shape index (κ3) is 3.35. The predicted octanol–water partition coefficient (Wildman–Crippen LogP) is 1.33. The van der Waals surface area contributed by atoms with Crippen LogP contribution in [0.1, 0.15) is 34.1 Å². The lowest BCUT2D eigenvalue weighted by Crippen LogP contribution is -2.31. The van der Waals surface area contributed by atoms with Crippen LogP contribution in [-0.2, 0) is 9.53 Å². The molecular weight excluding hydrogens is 166 g/mol. The van der Waals surface area contributed by atoms with Crippen molar-refractivity contribution < 1.29 is 9.53 Å². The van der Waals surface area contributed by atoms with Crippen molar-refractivity contribution in [3.63, 3.8) is 0 Å². The summed E-state index contributed by atoms with van der Waals surface area (Å²) in [6.07, 6.45) is 0.586. The second-order valence-electron chi connectivity index (χ2n) is 5.17. The molecule has 1 N–H and O–H groups in total. The fourth-order valence-corrected chi connectivity index (χ4v) is 1.32. The van der Waals surface area contributed by atoms with Gasteiger partial charge in [-0.15, -0.1) is 0 Å². The van der Waals surface area contributed by atoms with E-state index in [1.54, 1.807) is 0 Å². The van der Waals surface area contributed by atoms with Crippen molar-refractivity contribution in [2.75, 3.05) is 13.2 Å². The van der Waals surface area contributed by atoms with Crippen molar-refractivity contribution in [1.82, 2.24) is 5.32 Å². The summed E-state index contributed by atoms with van der Waals surface area (Å²) >= 11 is 0. The third-order valence-corrected chi connectivity index (χ3v) is 2.15. The molecule has 1 aliphatic rings. The van der Waals surface area contributed by atoms with Crippen LogP contribution >= 0.6 is 0 Å². The molecule has 3 nitrogen and oxygen atoms in total. The summed E-state index contributed by atoms with van der Waals surface area (Å²) in [4.78, 5) is 11.0. The van der Waals surface area contributed by atoms with Gasteiger partial charge in [-0.05, 0) is 20.8 Å². The average Bonchev–Trinajstić information content (AvgIpc) is 2.27. The molecule has 0 aromatic heterocycles. The molecule has 0 saturated carbocycles. The van der Waals surface area contributed by atoms with Gasteiger partial charge in [0.15, 0.2) is 0 Å². The van der Waals surface area contributed by atoms with Crippen molar-refractivity contribution >= 4 is 5.91 Å². The summed E-state index contributed by atoms with van der Waals surface area (Å²) in [6, 6.07) is 0. The van der Waals surface area contributed by atoms with Gasteiger partial charge in [-0.25, -0.2) is 0 Å². The minimum atomic E-state index is -0.116. The van der Waals surface area contributed by atoms with E-state index in [4.69, 9.17) is 4.74 Å². The van der Waals surface area contributed by atoms with Gasteiger partial charge in [0.05, 0.1) is 12.2 Å². The molecule has 1 rings (SSSR count). The third-order valence-electron chi connectivity index (χ3n) is 2.15. The lowest BCUT2D eigenvalue weighted by Gasteiger charge is -2.27. The van der Waals surface area contributed by atoms with Crippen LogP contribution in [0, 0.1) is 5.41 Å². The first-order valence-electron chi connectivity index (χ1n) is 4.71. The van der Waals surface area contributed by atoms with Crippen molar-refractivity contribution in [2.24, 2.45) is 5.41 Å². The van der Waals surface area contributed by atoms with E-state index in [9.17, 15) is 4.79 Å². The number of ether oxygens (including phenoxy) is 1. The molecule has 76 valence electrons. The van der Waals surface area contributed by atoms with Gasteiger partial charge in [-0.1, -0.05) is 6.92 Å². The smallest absolute Gasteiger partial charge is 0.220 e. The Morgan fingerprint density at radius 2 is 2.15 bits per heavy atom. The number of carbonyl (C=O) groups is 1. The van der Waals surface area contributed by atoms with Crippen LogP contribution in [0.15, 0.2) is 0 Å². The van der Waals surface area contributed by atoms with Crippen molar-refractivity contribution in [3.8, 4) is 0 Å². The molecule has 0 bridgehead atoms. The molecule has 1 heterocycles. The van der Waals surface area contributed by atoms with Crippen LogP contribution in [0.4, 0.5) is 0 Å². The van der Waals surface area contributed by atoms with Gasteiger partial charge in [0.25, 0.3) is 0 Å². The zero-order valence-corrected chi connectivity index (χ0v) is 8.94. The predicted molar refractivity (Wildman–Crippen MR) is 51.4 cm³/mol. The monoisotopic (exact) mass is 185 g/mol. The van der Waals surface area contributed by atoms with Crippen LogP contribution in [-0.4, -0.2) is 24.7 Å². The molecule has 0 aromatic carbocycles. The molecular formula is C10H19NO2. The van der Waals surface area contributed by atoms with Crippen LogP contribution in [0.25, 0.3) is 0 Å². The Bertz CT molecular complexity index is 207. The number of rotatable bonds is 2. The molecule has 1 atom stereocenters. The maximum absolute atomic E-state index is 11.0. The van der Waals surface area contributed by atoms with E-state index in [1.165, 1.54) is 0 Å². The summed E-state index contributed by atoms with van der Waals surface area (Å²) in [7, 11) is 0. The van der Waals surface area contributed by atoms with E-state index in [2.05, 4.69) is 12.2 Å². The summed E-state index contributed by atoms with van der Waals surface area (Å²) in [5.41, 5.74) is -0.126. The Labute approximate surface area is 79.8 Å². The Hall–Kier alpha value is -0.570. The van der Waals surface area contributed by atoms with Gasteiger partial charge >= 0.3 is 0 Å². The second kappa shape index (κ2) is 3.29. The molecule has 0 aromatic rings. The summed E-state index contributed by atoms with van der Waals surface area (Å²) < 4.78 is 5.67. The first-order valence-corrected chi connectivity index (χ1v) is 4.71. The molecule has 13 heavy (non-hydrogen) atoms. The van der Waals surface area contributed by atoms with Gasteiger partial charge in [-0.3, -0.25) is 4.79 Å². The Balaban J connectivity index is 2.40. The van der Waals surface area contributed by atoms with Crippen molar-refractivity contribution in [1.29, 1.82) is 0 Å². The SMILES string of the molecule is CC1(COC(C)(C)C)CNC(=O)C1. The van der Waals surface area contributed by atoms with Crippen LogP contribution < -0.4 is 5.32 Å². The molecule has 1 unspecified atom stereocenters. The highest BCUT2D eigenvalue weighted by Crippen LogP contribution is 2.27. The summed E-state index contributed by atoms with van der Waals surface area (Å²) in [5, 5.41) is 2.83. The zero-order chi connectivity index (χ0) is 10.1. The van der Waals surface area contributed by atoms with E-state index in [-0.39, 0.29) is 16.9 Å². The quantitative estimate of drug-likeness (QED) is 0.704.